The summed E-state index contributed by atoms with van der Waals surface area (Å²) >= 11 is 8.56. The van der Waals surface area contributed by atoms with Crippen molar-refractivity contribution in [1.82, 2.24) is 5.32 Å². The second-order valence-electron chi connectivity index (χ2n) is 6.47. The fourth-order valence-electron chi connectivity index (χ4n) is 2.30. The predicted octanol–water partition coefficient (Wildman–Crippen LogP) is 4.83. The van der Waals surface area contributed by atoms with Crippen molar-refractivity contribution in [2.45, 2.75) is 20.8 Å². The summed E-state index contributed by atoms with van der Waals surface area (Å²) in [5, 5.41) is 16.5. The predicted molar refractivity (Wildman–Crippen MR) is 116 cm³/mol. The van der Waals surface area contributed by atoms with Crippen molar-refractivity contribution in [3.63, 3.8) is 0 Å². The number of ether oxygens (including phenoxy) is 1. The molecule has 0 bridgehead atoms. The van der Waals surface area contributed by atoms with E-state index >= 15 is 0 Å². The van der Waals surface area contributed by atoms with E-state index in [1.165, 1.54) is 6.07 Å². The molecule has 0 unspecified atom stereocenters. The Kier molecular flexibility index (Phi) is 7.47. The third-order valence-electron chi connectivity index (χ3n) is 3.74. The first-order chi connectivity index (χ1) is 13.2. The fraction of sp³-hybridized carbons (Fsp3) is 0.263. The van der Waals surface area contributed by atoms with Gasteiger partial charge in [-0.25, -0.2) is 0 Å². The lowest BCUT2D eigenvalue weighted by Gasteiger charge is -2.13. The molecule has 0 aliphatic rings. The van der Waals surface area contributed by atoms with Crippen LogP contribution in [0.25, 0.3) is 0 Å². The second-order valence-corrected chi connectivity index (χ2v) is 7.73. The van der Waals surface area contributed by atoms with Crippen LogP contribution >= 0.6 is 28.1 Å². The number of thiocarbonyl (C=S) groups is 1. The molecule has 0 aliphatic carbocycles. The summed E-state index contributed by atoms with van der Waals surface area (Å²) in [4.78, 5) is 23.0. The summed E-state index contributed by atoms with van der Waals surface area (Å²) in [5.74, 6) is 0.630. The van der Waals surface area contributed by atoms with Gasteiger partial charge in [-0.2, -0.15) is 0 Å². The van der Waals surface area contributed by atoms with Gasteiger partial charge in [0, 0.05) is 11.6 Å². The molecule has 0 radical (unpaired) electrons. The lowest BCUT2D eigenvalue weighted by molar-refractivity contribution is -0.385. The molecule has 0 atom stereocenters. The quantitative estimate of drug-likeness (QED) is 0.360. The molecule has 0 heterocycles. The zero-order valence-corrected chi connectivity index (χ0v) is 18.0. The highest BCUT2D eigenvalue weighted by molar-refractivity contribution is 9.10. The Hall–Kier alpha value is -2.52. The Morgan fingerprint density at radius 3 is 2.64 bits per heavy atom. The molecular formula is C19H20BrN3O4S. The van der Waals surface area contributed by atoms with Crippen molar-refractivity contribution >= 4 is 50.5 Å². The lowest BCUT2D eigenvalue weighted by atomic mass is 10.1. The van der Waals surface area contributed by atoms with Crippen molar-refractivity contribution in [3.8, 4) is 5.75 Å². The number of carbonyl (C=O) groups is 1. The van der Waals surface area contributed by atoms with Crippen LogP contribution < -0.4 is 15.4 Å². The molecule has 0 spiro atoms. The highest BCUT2D eigenvalue weighted by Crippen LogP contribution is 2.27. The first-order valence-corrected chi connectivity index (χ1v) is 9.68. The Bertz CT molecular complexity index is 918. The number of rotatable bonds is 6. The number of nitrogens with one attached hydrogen (secondary N) is 2. The Balaban J connectivity index is 2.05. The first kappa shape index (κ1) is 21.8. The molecule has 28 heavy (non-hydrogen) atoms. The van der Waals surface area contributed by atoms with Gasteiger partial charge in [0.2, 0.25) is 0 Å². The van der Waals surface area contributed by atoms with Gasteiger partial charge in [0.25, 0.3) is 11.6 Å². The van der Waals surface area contributed by atoms with Crippen LogP contribution in [0.3, 0.4) is 0 Å². The van der Waals surface area contributed by atoms with E-state index in [1.807, 2.05) is 13.8 Å². The van der Waals surface area contributed by atoms with Crippen molar-refractivity contribution in [2.75, 3.05) is 11.9 Å². The van der Waals surface area contributed by atoms with Gasteiger partial charge < -0.3 is 10.1 Å². The van der Waals surface area contributed by atoms with E-state index in [9.17, 15) is 14.9 Å². The SMILES string of the molecule is Cc1c(NC(=S)NC(=O)c2ccc(OCC(C)C)c(Br)c2)cccc1[N+](=O)[O-]. The smallest absolute Gasteiger partial charge is 0.274 e. The topological polar surface area (TPSA) is 93.5 Å². The van der Waals surface area contributed by atoms with Crippen molar-refractivity contribution in [2.24, 2.45) is 5.92 Å². The summed E-state index contributed by atoms with van der Waals surface area (Å²) in [5.41, 5.74) is 1.25. The molecular weight excluding hydrogens is 446 g/mol. The second kappa shape index (κ2) is 9.61. The molecule has 2 rings (SSSR count). The average molecular weight is 466 g/mol. The zero-order valence-electron chi connectivity index (χ0n) is 15.6. The number of nitro benzene ring substituents is 1. The third kappa shape index (κ3) is 5.74. The van der Waals surface area contributed by atoms with E-state index in [4.69, 9.17) is 17.0 Å². The minimum Gasteiger partial charge on any atom is -0.492 e. The van der Waals surface area contributed by atoms with Gasteiger partial charge in [-0.15, -0.1) is 0 Å². The minimum absolute atomic E-state index is 0.0277. The highest BCUT2D eigenvalue weighted by atomic mass is 79.9. The zero-order chi connectivity index (χ0) is 20.8. The number of benzene rings is 2. The van der Waals surface area contributed by atoms with E-state index in [-0.39, 0.29) is 10.8 Å². The maximum Gasteiger partial charge on any atom is 0.274 e. The van der Waals surface area contributed by atoms with Crippen LogP contribution in [0, 0.1) is 23.0 Å². The number of halogens is 1. The number of anilines is 1. The molecule has 0 aliphatic heterocycles. The van der Waals surface area contributed by atoms with Crippen LogP contribution in [0.15, 0.2) is 40.9 Å². The van der Waals surface area contributed by atoms with Crippen molar-refractivity contribution in [1.29, 1.82) is 0 Å². The fourth-order valence-corrected chi connectivity index (χ4v) is 3.00. The molecule has 1 amide bonds. The average Bonchev–Trinajstić information content (AvgIpc) is 2.61. The van der Waals surface area contributed by atoms with E-state index in [1.54, 1.807) is 37.3 Å². The number of amides is 1. The van der Waals surface area contributed by atoms with Gasteiger partial charge in [0.1, 0.15) is 5.75 Å². The van der Waals surface area contributed by atoms with Crippen LogP contribution in [0.2, 0.25) is 0 Å². The number of nitrogens with zero attached hydrogens (tertiary/aromatic N) is 1. The van der Waals surface area contributed by atoms with E-state index in [0.717, 1.165) is 0 Å². The summed E-state index contributed by atoms with van der Waals surface area (Å²) in [7, 11) is 0. The number of nitro groups is 1. The summed E-state index contributed by atoms with van der Waals surface area (Å²) in [6.45, 7) is 6.28. The van der Waals surface area contributed by atoms with Gasteiger partial charge in [0.15, 0.2) is 5.11 Å². The van der Waals surface area contributed by atoms with Crippen LogP contribution in [0.5, 0.6) is 5.75 Å². The molecule has 2 aromatic rings. The molecule has 2 N–H and O–H groups in total. The molecule has 0 aromatic heterocycles. The number of carbonyl (C=O) groups excluding carboxylic acids is 1. The number of hydrogen-bond donors (Lipinski definition) is 2. The normalized spacial score (nSPS) is 10.5. The first-order valence-electron chi connectivity index (χ1n) is 8.47. The van der Waals surface area contributed by atoms with Crippen LogP contribution in [0.1, 0.15) is 29.8 Å². The van der Waals surface area contributed by atoms with Crippen LogP contribution in [-0.2, 0) is 0 Å². The summed E-state index contributed by atoms with van der Waals surface area (Å²) < 4.78 is 6.33. The standard InChI is InChI=1S/C19H20BrN3O4S/c1-11(2)10-27-17-8-7-13(9-14(17)20)18(24)22-19(28)21-15-5-4-6-16(12(15)3)23(25)26/h4-9,11H,10H2,1-3H3,(H2,21,22,24,28). The Labute approximate surface area is 176 Å². The lowest BCUT2D eigenvalue weighted by Crippen LogP contribution is -2.34. The monoisotopic (exact) mass is 465 g/mol. The molecule has 9 heteroatoms. The number of hydrogen-bond acceptors (Lipinski definition) is 5. The molecule has 0 fully saturated rings. The van der Waals surface area contributed by atoms with Gasteiger partial charge >= 0.3 is 0 Å². The Morgan fingerprint density at radius 2 is 2.04 bits per heavy atom. The molecule has 0 saturated heterocycles. The Morgan fingerprint density at radius 1 is 1.32 bits per heavy atom. The largest absolute Gasteiger partial charge is 0.492 e. The third-order valence-corrected chi connectivity index (χ3v) is 4.57. The maximum atomic E-state index is 12.4. The van der Waals surface area contributed by atoms with Crippen LogP contribution in [0.4, 0.5) is 11.4 Å². The molecule has 148 valence electrons. The van der Waals surface area contributed by atoms with Crippen molar-refractivity contribution in [3.05, 3.63) is 62.1 Å². The summed E-state index contributed by atoms with van der Waals surface area (Å²) in [6.07, 6.45) is 0. The van der Waals surface area contributed by atoms with Gasteiger partial charge in [-0.05, 0) is 65.3 Å². The molecule has 0 saturated carbocycles. The molecule has 2 aromatic carbocycles. The van der Waals surface area contributed by atoms with Gasteiger partial charge in [0.05, 0.1) is 27.3 Å². The van der Waals surface area contributed by atoms with E-state index in [2.05, 4.69) is 26.6 Å². The minimum atomic E-state index is -0.470. The summed E-state index contributed by atoms with van der Waals surface area (Å²) in [6, 6.07) is 9.59. The van der Waals surface area contributed by atoms with Gasteiger partial charge in [-0.3, -0.25) is 20.2 Å². The van der Waals surface area contributed by atoms with Crippen molar-refractivity contribution < 1.29 is 14.5 Å². The van der Waals surface area contributed by atoms with Crippen LogP contribution in [-0.4, -0.2) is 22.5 Å². The maximum absolute atomic E-state index is 12.4. The molecule has 7 nitrogen and oxygen atoms in total. The van der Waals surface area contributed by atoms with E-state index in [0.29, 0.717) is 39.6 Å². The highest BCUT2D eigenvalue weighted by Gasteiger charge is 2.15. The van der Waals surface area contributed by atoms with E-state index < -0.39 is 10.8 Å². The van der Waals surface area contributed by atoms with Gasteiger partial charge in [-0.1, -0.05) is 19.9 Å².